The minimum Gasteiger partial charge on any atom is -0.348 e. The molecule has 0 N–H and O–H groups in total. The van der Waals surface area contributed by atoms with E-state index in [1.165, 1.54) is 32.1 Å². The van der Waals surface area contributed by atoms with Crippen LogP contribution < -0.4 is 0 Å². The summed E-state index contributed by atoms with van der Waals surface area (Å²) in [7, 11) is 0. The smallest absolute Gasteiger partial charge is 0.168 e. The van der Waals surface area contributed by atoms with Crippen molar-refractivity contribution in [2.75, 3.05) is 13.2 Å². The Morgan fingerprint density at radius 2 is 1.55 bits per heavy atom. The summed E-state index contributed by atoms with van der Waals surface area (Å²) in [5, 5.41) is 0. The molecule has 0 aromatic carbocycles. The van der Waals surface area contributed by atoms with Gasteiger partial charge in [0.2, 0.25) is 0 Å². The van der Waals surface area contributed by atoms with E-state index in [0.29, 0.717) is 10.8 Å². The number of rotatable bonds is 5. The van der Waals surface area contributed by atoms with Gasteiger partial charge in [-0.3, -0.25) is 0 Å². The van der Waals surface area contributed by atoms with Gasteiger partial charge in [0.1, 0.15) is 0 Å². The van der Waals surface area contributed by atoms with Crippen LogP contribution in [-0.4, -0.2) is 19.0 Å². The Balaban J connectivity index is 1.75. The summed E-state index contributed by atoms with van der Waals surface area (Å²) in [6.07, 6.45) is 13.1. The monoisotopic (exact) mass is 308 g/mol. The molecule has 0 aromatic rings. The third-order valence-corrected chi connectivity index (χ3v) is 5.54. The van der Waals surface area contributed by atoms with E-state index < -0.39 is 0 Å². The molecule has 1 saturated carbocycles. The highest BCUT2D eigenvalue weighted by Crippen LogP contribution is 2.46. The number of hydrogen-bond acceptors (Lipinski definition) is 2. The Labute approximate surface area is 137 Å². The zero-order valence-corrected chi connectivity index (χ0v) is 15.4. The normalized spacial score (nSPS) is 23.7. The first-order valence-electron chi connectivity index (χ1n) is 9.15. The van der Waals surface area contributed by atoms with Crippen molar-refractivity contribution in [2.45, 2.75) is 85.4 Å². The van der Waals surface area contributed by atoms with E-state index >= 15 is 0 Å². The Hall–Kier alpha value is -0.340. The van der Waals surface area contributed by atoms with Crippen LogP contribution in [0, 0.1) is 16.7 Å². The molecule has 0 atom stereocenters. The van der Waals surface area contributed by atoms with E-state index in [-0.39, 0.29) is 5.79 Å². The van der Waals surface area contributed by atoms with Crippen molar-refractivity contribution >= 4 is 0 Å². The van der Waals surface area contributed by atoms with Crippen molar-refractivity contribution in [3.63, 3.8) is 0 Å². The first-order valence-corrected chi connectivity index (χ1v) is 9.15. The summed E-state index contributed by atoms with van der Waals surface area (Å²) >= 11 is 0. The van der Waals surface area contributed by atoms with Crippen molar-refractivity contribution in [1.29, 1.82) is 0 Å². The molecule has 0 radical (unpaired) electrons. The molecule has 1 spiro atoms. The molecule has 0 aromatic heterocycles. The second-order valence-electron chi connectivity index (χ2n) is 9.15. The van der Waals surface area contributed by atoms with Gasteiger partial charge in [-0.15, -0.1) is 0 Å². The Morgan fingerprint density at radius 1 is 0.955 bits per heavy atom. The van der Waals surface area contributed by atoms with Crippen molar-refractivity contribution in [3.05, 3.63) is 12.2 Å². The maximum absolute atomic E-state index is 5.85. The van der Waals surface area contributed by atoms with E-state index in [4.69, 9.17) is 9.47 Å². The average molecular weight is 309 g/mol. The predicted octanol–water partition coefficient (Wildman–Crippen LogP) is 5.72. The largest absolute Gasteiger partial charge is 0.348 e. The van der Waals surface area contributed by atoms with Gasteiger partial charge >= 0.3 is 0 Å². The van der Waals surface area contributed by atoms with E-state index in [1.54, 1.807) is 0 Å². The standard InChI is InChI=1S/C20H36O2/c1-18(2,3)11-7-6-8-12-19(4,5)17-9-13-20(14-10-17)21-15-16-22-20/h6,8,17H,7,9-16H2,1-5H3/b8-6+. The summed E-state index contributed by atoms with van der Waals surface area (Å²) in [6, 6.07) is 0. The molecule has 0 unspecified atom stereocenters. The van der Waals surface area contributed by atoms with Gasteiger partial charge in [0, 0.05) is 12.8 Å². The van der Waals surface area contributed by atoms with Crippen LogP contribution in [0.1, 0.15) is 79.6 Å². The van der Waals surface area contributed by atoms with E-state index in [9.17, 15) is 0 Å². The molecular weight excluding hydrogens is 272 g/mol. The fraction of sp³-hybridized carbons (Fsp3) is 0.900. The Morgan fingerprint density at radius 3 is 2.09 bits per heavy atom. The van der Waals surface area contributed by atoms with Gasteiger partial charge in [0.05, 0.1) is 13.2 Å². The highest BCUT2D eigenvalue weighted by molar-refractivity contribution is 4.94. The molecule has 2 fully saturated rings. The maximum atomic E-state index is 5.85. The van der Waals surface area contributed by atoms with Crippen LogP contribution >= 0.6 is 0 Å². The van der Waals surface area contributed by atoms with Gasteiger partial charge in [-0.2, -0.15) is 0 Å². The lowest BCUT2D eigenvalue weighted by atomic mass is 9.68. The highest BCUT2D eigenvalue weighted by Gasteiger charge is 2.43. The third-order valence-electron chi connectivity index (χ3n) is 5.54. The van der Waals surface area contributed by atoms with Gasteiger partial charge in [0.25, 0.3) is 0 Å². The molecule has 0 bridgehead atoms. The average Bonchev–Trinajstić information content (AvgIpc) is 2.86. The van der Waals surface area contributed by atoms with Crippen LogP contribution in [0.5, 0.6) is 0 Å². The SMILES string of the molecule is CC(C)(C)CC/C=C/CC(C)(C)C1CCC2(CC1)OCCO2. The van der Waals surface area contributed by atoms with Crippen LogP contribution in [0.3, 0.4) is 0 Å². The van der Waals surface area contributed by atoms with Crippen LogP contribution in [0.15, 0.2) is 12.2 Å². The number of ether oxygens (including phenoxy) is 2. The molecule has 2 rings (SSSR count). The summed E-state index contributed by atoms with van der Waals surface area (Å²) in [6.45, 7) is 13.4. The highest BCUT2D eigenvalue weighted by atomic mass is 16.7. The van der Waals surface area contributed by atoms with E-state index in [0.717, 1.165) is 32.0 Å². The summed E-state index contributed by atoms with van der Waals surface area (Å²) in [5.41, 5.74) is 0.831. The number of allylic oxidation sites excluding steroid dienone is 2. The van der Waals surface area contributed by atoms with Crippen LogP contribution in [0.2, 0.25) is 0 Å². The van der Waals surface area contributed by atoms with Crippen LogP contribution in [0.25, 0.3) is 0 Å². The first kappa shape index (κ1) is 18.0. The lowest BCUT2D eigenvalue weighted by Crippen LogP contribution is -2.38. The zero-order valence-electron chi connectivity index (χ0n) is 15.4. The zero-order chi connectivity index (χ0) is 16.3. The molecule has 22 heavy (non-hydrogen) atoms. The van der Waals surface area contributed by atoms with Gasteiger partial charge in [-0.1, -0.05) is 46.8 Å². The molecule has 2 heteroatoms. The fourth-order valence-corrected chi connectivity index (χ4v) is 3.81. The minimum atomic E-state index is -0.213. The van der Waals surface area contributed by atoms with Crippen LogP contribution in [-0.2, 0) is 9.47 Å². The molecule has 128 valence electrons. The van der Waals surface area contributed by atoms with Gasteiger partial charge in [0.15, 0.2) is 5.79 Å². The quantitative estimate of drug-likeness (QED) is 0.605. The second kappa shape index (κ2) is 7.05. The summed E-state index contributed by atoms with van der Waals surface area (Å²) in [4.78, 5) is 0. The Kier molecular flexibility index (Phi) is 5.77. The van der Waals surface area contributed by atoms with E-state index in [1.807, 2.05) is 0 Å². The minimum absolute atomic E-state index is 0.213. The lowest BCUT2D eigenvalue weighted by Gasteiger charge is -2.42. The summed E-state index contributed by atoms with van der Waals surface area (Å²) < 4.78 is 11.7. The Bertz CT molecular complexity index is 360. The number of hydrogen-bond donors (Lipinski definition) is 0. The maximum Gasteiger partial charge on any atom is 0.168 e. The molecular formula is C20H36O2. The fourth-order valence-electron chi connectivity index (χ4n) is 3.81. The van der Waals surface area contributed by atoms with Crippen molar-refractivity contribution in [2.24, 2.45) is 16.7 Å². The summed E-state index contributed by atoms with van der Waals surface area (Å²) in [5.74, 6) is 0.577. The molecule has 1 heterocycles. The van der Waals surface area contributed by atoms with E-state index in [2.05, 4.69) is 46.8 Å². The second-order valence-corrected chi connectivity index (χ2v) is 9.15. The predicted molar refractivity (Wildman–Crippen MR) is 92.8 cm³/mol. The van der Waals surface area contributed by atoms with Crippen LogP contribution in [0.4, 0.5) is 0 Å². The van der Waals surface area contributed by atoms with Crippen molar-refractivity contribution in [3.8, 4) is 0 Å². The topological polar surface area (TPSA) is 18.5 Å². The molecule has 1 aliphatic heterocycles. The van der Waals surface area contributed by atoms with Gasteiger partial charge in [-0.25, -0.2) is 0 Å². The third kappa shape index (κ3) is 5.09. The van der Waals surface area contributed by atoms with Gasteiger partial charge in [-0.05, 0) is 48.9 Å². The molecule has 1 saturated heterocycles. The first-order chi connectivity index (χ1) is 10.2. The van der Waals surface area contributed by atoms with Crippen molar-refractivity contribution in [1.82, 2.24) is 0 Å². The molecule has 1 aliphatic carbocycles. The molecule has 2 aliphatic rings. The lowest BCUT2D eigenvalue weighted by molar-refractivity contribution is -0.187. The van der Waals surface area contributed by atoms with Gasteiger partial charge < -0.3 is 9.47 Å². The van der Waals surface area contributed by atoms with Crippen molar-refractivity contribution < 1.29 is 9.47 Å². The molecule has 2 nitrogen and oxygen atoms in total. The molecule has 0 amide bonds.